The van der Waals surface area contributed by atoms with Crippen molar-refractivity contribution in [3.63, 3.8) is 0 Å². The van der Waals surface area contributed by atoms with Crippen LogP contribution in [0.5, 0.6) is 0 Å². The number of benzene rings is 2. The predicted octanol–water partition coefficient (Wildman–Crippen LogP) is 2.76. The number of carbonyl (C=O) groups is 3. The first-order chi connectivity index (χ1) is 16.8. The van der Waals surface area contributed by atoms with Gasteiger partial charge in [-0.1, -0.05) is 53.7 Å². The van der Waals surface area contributed by atoms with E-state index in [9.17, 15) is 14.4 Å². The van der Waals surface area contributed by atoms with Gasteiger partial charge in [0, 0.05) is 19.4 Å². The molecule has 0 saturated heterocycles. The zero-order valence-corrected chi connectivity index (χ0v) is 19.5. The predicted molar refractivity (Wildman–Crippen MR) is 126 cm³/mol. The van der Waals surface area contributed by atoms with Crippen molar-refractivity contribution in [3.05, 3.63) is 71.5 Å². The number of aliphatic carboxylic acids is 1. The highest BCUT2D eigenvalue weighted by Crippen LogP contribution is 2.44. The van der Waals surface area contributed by atoms with Gasteiger partial charge in [0.15, 0.2) is 0 Å². The summed E-state index contributed by atoms with van der Waals surface area (Å²) in [4.78, 5) is 36.6. The van der Waals surface area contributed by atoms with Gasteiger partial charge in [-0.05, 0) is 35.6 Å². The van der Waals surface area contributed by atoms with E-state index in [2.05, 4.69) is 20.9 Å². The second-order valence-corrected chi connectivity index (χ2v) is 8.50. The Bertz CT molecular complexity index is 1190. The first-order valence-electron chi connectivity index (χ1n) is 11.3. The maximum absolute atomic E-state index is 12.8. The van der Waals surface area contributed by atoms with Crippen molar-refractivity contribution in [2.45, 2.75) is 37.8 Å². The highest BCUT2D eigenvalue weighted by molar-refractivity contribution is 5.86. The summed E-state index contributed by atoms with van der Waals surface area (Å²) in [5.74, 6) is -1.73. The molecule has 0 saturated carbocycles. The molecule has 0 spiro atoms. The number of carboxylic acids is 1. The van der Waals surface area contributed by atoms with Gasteiger partial charge in [0.2, 0.25) is 5.91 Å². The molecule has 1 heterocycles. The van der Waals surface area contributed by atoms with E-state index in [4.69, 9.17) is 9.84 Å². The Labute approximate surface area is 202 Å². The van der Waals surface area contributed by atoms with Crippen LogP contribution in [0.1, 0.15) is 48.5 Å². The fourth-order valence-corrected chi connectivity index (χ4v) is 4.27. The summed E-state index contributed by atoms with van der Waals surface area (Å²) >= 11 is 0. The third kappa shape index (κ3) is 5.48. The van der Waals surface area contributed by atoms with Crippen LogP contribution in [0.15, 0.2) is 54.7 Å². The van der Waals surface area contributed by atoms with Gasteiger partial charge in [-0.2, -0.15) is 0 Å². The van der Waals surface area contributed by atoms with Gasteiger partial charge in [0.05, 0.1) is 12.2 Å². The zero-order chi connectivity index (χ0) is 24.9. The van der Waals surface area contributed by atoms with Crippen LogP contribution in [0, 0.1) is 0 Å². The Kier molecular flexibility index (Phi) is 7.09. The van der Waals surface area contributed by atoms with Crippen molar-refractivity contribution in [1.82, 2.24) is 25.6 Å². The number of alkyl carbamates (subject to hydrolysis) is 1. The standard InChI is InChI=1S/C25H27N5O5/c1-15(22-13-30(2)29-28-22)26-24(33)21(11-12-23(31)32)27-25(34)35-14-20-18-9-5-3-7-16(18)17-8-4-6-10-19(17)20/h3-10,13,15,20-21H,11-12,14H2,1-2H3,(H,26,33)(H,27,34)(H,31,32). The topological polar surface area (TPSA) is 135 Å². The number of nitrogens with one attached hydrogen (secondary N) is 2. The SMILES string of the molecule is CC(NC(=O)C(CCC(=O)O)NC(=O)OCC1c2ccccc2-c2ccccc21)c1cn(C)nn1. The number of hydrogen-bond donors (Lipinski definition) is 3. The normalized spacial score (nSPS) is 13.9. The Morgan fingerprint density at radius 2 is 1.69 bits per heavy atom. The quantitative estimate of drug-likeness (QED) is 0.431. The molecule has 0 fully saturated rings. The molecule has 2 aromatic carbocycles. The number of aromatic nitrogens is 3. The van der Waals surface area contributed by atoms with Crippen molar-refractivity contribution in [2.75, 3.05) is 6.61 Å². The van der Waals surface area contributed by atoms with Gasteiger partial charge >= 0.3 is 12.1 Å². The van der Waals surface area contributed by atoms with Gasteiger partial charge in [-0.15, -0.1) is 5.10 Å². The van der Waals surface area contributed by atoms with Gasteiger partial charge in [0.1, 0.15) is 18.3 Å². The lowest BCUT2D eigenvalue weighted by Gasteiger charge is -2.21. The van der Waals surface area contributed by atoms with E-state index in [1.807, 2.05) is 48.5 Å². The van der Waals surface area contributed by atoms with Crippen molar-refractivity contribution < 1.29 is 24.2 Å². The Hall–Kier alpha value is -4.21. The van der Waals surface area contributed by atoms with Gasteiger partial charge < -0.3 is 20.5 Å². The molecule has 1 aromatic heterocycles. The number of carboxylic acid groups (broad SMARTS) is 1. The second kappa shape index (κ2) is 10.4. The van der Waals surface area contributed by atoms with Crippen LogP contribution < -0.4 is 10.6 Å². The van der Waals surface area contributed by atoms with Crippen molar-refractivity contribution >= 4 is 18.0 Å². The lowest BCUT2D eigenvalue weighted by atomic mass is 9.98. The summed E-state index contributed by atoms with van der Waals surface area (Å²) in [6.45, 7) is 1.81. The fraction of sp³-hybridized carbons (Fsp3) is 0.320. The first kappa shape index (κ1) is 23.9. The molecule has 2 amide bonds. The van der Waals surface area contributed by atoms with Crippen molar-refractivity contribution in [3.8, 4) is 11.1 Å². The molecule has 0 bridgehead atoms. The number of nitrogens with zero attached hydrogens (tertiary/aromatic N) is 3. The molecule has 1 aliphatic carbocycles. The number of fused-ring (bicyclic) bond motifs is 3. The minimum atomic E-state index is -1.08. The molecule has 3 aromatic rings. The largest absolute Gasteiger partial charge is 0.481 e. The molecule has 1 aliphatic rings. The molecular weight excluding hydrogens is 450 g/mol. The number of ether oxygens (including phenoxy) is 1. The van der Waals surface area contributed by atoms with Crippen LogP contribution >= 0.6 is 0 Å². The molecule has 3 N–H and O–H groups in total. The average Bonchev–Trinajstić information content (AvgIpc) is 3.41. The maximum Gasteiger partial charge on any atom is 0.407 e. The van der Waals surface area contributed by atoms with Crippen LogP contribution in [0.4, 0.5) is 4.79 Å². The summed E-state index contributed by atoms with van der Waals surface area (Å²) in [6, 6.07) is 14.4. The van der Waals surface area contributed by atoms with E-state index in [0.717, 1.165) is 22.3 Å². The van der Waals surface area contributed by atoms with Crippen molar-refractivity contribution in [1.29, 1.82) is 0 Å². The molecule has 10 heteroatoms. The van der Waals surface area contributed by atoms with Crippen LogP contribution in [-0.2, 0) is 21.4 Å². The molecular formula is C25H27N5O5. The van der Waals surface area contributed by atoms with Gasteiger partial charge in [-0.25, -0.2) is 4.79 Å². The maximum atomic E-state index is 12.8. The molecule has 2 unspecified atom stereocenters. The Balaban J connectivity index is 1.41. The van der Waals surface area contributed by atoms with Crippen LogP contribution in [0.2, 0.25) is 0 Å². The van der Waals surface area contributed by atoms with E-state index in [1.165, 1.54) is 4.68 Å². The average molecular weight is 478 g/mol. The number of aryl methyl sites for hydroxylation is 1. The minimum absolute atomic E-state index is 0.0848. The number of amides is 2. The molecule has 10 nitrogen and oxygen atoms in total. The monoisotopic (exact) mass is 477 g/mol. The molecule has 182 valence electrons. The van der Waals surface area contributed by atoms with Crippen molar-refractivity contribution in [2.24, 2.45) is 7.05 Å². The zero-order valence-electron chi connectivity index (χ0n) is 19.5. The van der Waals surface area contributed by atoms with Gasteiger partial charge in [-0.3, -0.25) is 14.3 Å². The van der Waals surface area contributed by atoms with Crippen LogP contribution in [-0.4, -0.2) is 50.7 Å². The van der Waals surface area contributed by atoms with Crippen LogP contribution in [0.25, 0.3) is 11.1 Å². The minimum Gasteiger partial charge on any atom is -0.481 e. The highest BCUT2D eigenvalue weighted by Gasteiger charge is 2.30. The first-order valence-corrected chi connectivity index (χ1v) is 11.3. The van der Waals surface area contributed by atoms with E-state index >= 15 is 0 Å². The molecule has 0 aliphatic heterocycles. The summed E-state index contributed by atoms with van der Waals surface area (Å²) in [7, 11) is 1.71. The summed E-state index contributed by atoms with van der Waals surface area (Å²) in [5.41, 5.74) is 4.89. The lowest BCUT2D eigenvalue weighted by Crippen LogP contribution is -2.48. The Morgan fingerprint density at radius 1 is 1.06 bits per heavy atom. The third-order valence-corrected chi connectivity index (χ3v) is 6.02. The van der Waals surface area contributed by atoms with E-state index in [1.54, 1.807) is 20.2 Å². The number of rotatable bonds is 9. The summed E-state index contributed by atoms with van der Waals surface area (Å²) in [6.07, 6.45) is 0.500. The second-order valence-electron chi connectivity index (χ2n) is 8.50. The van der Waals surface area contributed by atoms with E-state index in [-0.39, 0.29) is 25.4 Å². The molecule has 2 atom stereocenters. The highest BCUT2D eigenvalue weighted by atomic mass is 16.5. The molecule has 4 rings (SSSR count). The third-order valence-electron chi connectivity index (χ3n) is 6.02. The van der Waals surface area contributed by atoms with Crippen LogP contribution in [0.3, 0.4) is 0 Å². The van der Waals surface area contributed by atoms with E-state index < -0.39 is 30.1 Å². The number of carbonyl (C=O) groups excluding carboxylic acids is 2. The summed E-state index contributed by atoms with van der Waals surface area (Å²) in [5, 5.41) is 22.2. The lowest BCUT2D eigenvalue weighted by molar-refractivity contribution is -0.137. The summed E-state index contributed by atoms with van der Waals surface area (Å²) < 4.78 is 7.03. The molecule has 0 radical (unpaired) electrons. The van der Waals surface area contributed by atoms with Gasteiger partial charge in [0.25, 0.3) is 0 Å². The smallest absolute Gasteiger partial charge is 0.407 e. The van der Waals surface area contributed by atoms with E-state index in [0.29, 0.717) is 5.69 Å². The Morgan fingerprint density at radius 3 is 2.26 bits per heavy atom. The number of hydrogen-bond acceptors (Lipinski definition) is 6. The molecule has 35 heavy (non-hydrogen) atoms. The fourth-order valence-electron chi connectivity index (χ4n) is 4.27.